The van der Waals surface area contributed by atoms with E-state index in [-0.39, 0.29) is 5.82 Å². The Morgan fingerprint density at radius 3 is 2.65 bits per heavy atom. The Hall–Kier alpha value is -2.33. The van der Waals surface area contributed by atoms with Crippen LogP contribution in [0.1, 0.15) is 10.4 Å². The number of halogens is 1. The lowest BCUT2D eigenvalue weighted by molar-refractivity contribution is 0.412. The Labute approximate surface area is 139 Å². The second kappa shape index (κ2) is 6.84. The summed E-state index contributed by atoms with van der Waals surface area (Å²) in [5, 5.41) is 3.14. The maximum absolute atomic E-state index is 13.6. The molecule has 0 bridgehead atoms. The van der Waals surface area contributed by atoms with Crippen LogP contribution in [0.15, 0.2) is 54.6 Å². The van der Waals surface area contributed by atoms with E-state index in [1.165, 1.54) is 16.5 Å². The van der Waals surface area contributed by atoms with Crippen LogP contribution in [-0.4, -0.2) is 7.11 Å². The third-order valence-corrected chi connectivity index (χ3v) is 4.80. The van der Waals surface area contributed by atoms with Gasteiger partial charge in [-0.25, -0.2) is 4.39 Å². The van der Waals surface area contributed by atoms with Gasteiger partial charge in [0.05, 0.1) is 12.8 Å². The number of aryl methyl sites for hydroxylation is 1. The van der Waals surface area contributed by atoms with Gasteiger partial charge < -0.3 is 10.1 Å². The van der Waals surface area contributed by atoms with E-state index in [1.54, 1.807) is 30.6 Å². The summed E-state index contributed by atoms with van der Waals surface area (Å²) in [6.07, 6.45) is 0. The molecule has 3 rings (SSSR count). The fourth-order valence-corrected chi connectivity index (χ4v) is 3.39. The average Bonchev–Trinajstić information content (AvgIpc) is 3.03. The zero-order valence-electron chi connectivity index (χ0n) is 13.1. The van der Waals surface area contributed by atoms with Crippen molar-refractivity contribution in [2.75, 3.05) is 12.4 Å². The Kier molecular flexibility index (Phi) is 4.63. The third-order valence-electron chi connectivity index (χ3n) is 3.67. The van der Waals surface area contributed by atoms with Crippen molar-refractivity contribution in [3.05, 3.63) is 70.9 Å². The van der Waals surface area contributed by atoms with Gasteiger partial charge in [-0.3, -0.25) is 0 Å². The highest BCUT2D eigenvalue weighted by atomic mass is 32.1. The third kappa shape index (κ3) is 3.54. The fourth-order valence-electron chi connectivity index (χ4n) is 2.45. The molecule has 0 saturated heterocycles. The summed E-state index contributed by atoms with van der Waals surface area (Å²) in [4.78, 5) is 2.36. The molecule has 0 atom stereocenters. The van der Waals surface area contributed by atoms with Crippen LogP contribution in [0.25, 0.3) is 10.4 Å². The second-order valence-corrected chi connectivity index (χ2v) is 6.45. The summed E-state index contributed by atoms with van der Waals surface area (Å²) in [6, 6.07) is 17.1. The number of thiophene rings is 1. The molecule has 1 N–H and O–H groups in total. The number of benzene rings is 2. The minimum absolute atomic E-state index is 0.227. The number of para-hydroxylation sites is 1. The first-order chi connectivity index (χ1) is 11.2. The molecule has 0 aliphatic carbocycles. The topological polar surface area (TPSA) is 21.3 Å². The van der Waals surface area contributed by atoms with Crippen molar-refractivity contribution in [1.29, 1.82) is 0 Å². The largest absolute Gasteiger partial charge is 0.496 e. The van der Waals surface area contributed by atoms with Crippen LogP contribution in [0.3, 0.4) is 0 Å². The normalized spacial score (nSPS) is 10.6. The molecule has 0 radical (unpaired) electrons. The van der Waals surface area contributed by atoms with E-state index in [1.807, 2.05) is 19.1 Å². The minimum atomic E-state index is -0.227. The molecule has 0 aliphatic heterocycles. The van der Waals surface area contributed by atoms with Crippen molar-refractivity contribution in [3.8, 4) is 16.2 Å². The van der Waals surface area contributed by atoms with Crippen molar-refractivity contribution >= 4 is 17.0 Å². The molecule has 2 aromatic carbocycles. The molecule has 2 nitrogen and oxygen atoms in total. The standard InChI is InChI=1S/C19H18FNOS/c1-13-11-14(7-9-18(13)22-2)19-10-8-15(23-19)12-21-17-6-4-3-5-16(17)20/h3-11,21H,12H2,1-2H3. The van der Waals surface area contributed by atoms with Gasteiger partial charge in [-0.1, -0.05) is 12.1 Å². The molecule has 23 heavy (non-hydrogen) atoms. The number of anilines is 1. The molecule has 1 heterocycles. The number of ether oxygens (including phenoxy) is 1. The van der Waals surface area contributed by atoms with Crippen molar-refractivity contribution in [3.63, 3.8) is 0 Å². The Morgan fingerprint density at radius 1 is 1.09 bits per heavy atom. The molecule has 3 aromatic rings. The lowest BCUT2D eigenvalue weighted by atomic mass is 10.1. The first kappa shape index (κ1) is 15.6. The summed E-state index contributed by atoms with van der Waals surface area (Å²) >= 11 is 1.71. The summed E-state index contributed by atoms with van der Waals surface area (Å²) < 4.78 is 18.9. The molecule has 0 fully saturated rings. The van der Waals surface area contributed by atoms with E-state index in [2.05, 4.69) is 29.6 Å². The molecule has 118 valence electrons. The number of methoxy groups -OCH3 is 1. The Balaban J connectivity index is 1.73. The lowest BCUT2D eigenvalue weighted by Gasteiger charge is -2.06. The molecular weight excluding hydrogens is 309 g/mol. The monoisotopic (exact) mass is 327 g/mol. The van der Waals surface area contributed by atoms with Gasteiger partial charge in [0.15, 0.2) is 0 Å². The highest BCUT2D eigenvalue weighted by Crippen LogP contribution is 2.31. The van der Waals surface area contributed by atoms with E-state index in [0.29, 0.717) is 12.2 Å². The molecule has 0 aliphatic rings. The maximum atomic E-state index is 13.6. The lowest BCUT2D eigenvalue weighted by Crippen LogP contribution is -1.99. The summed E-state index contributed by atoms with van der Waals surface area (Å²) in [7, 11) is 1.68. The molecule has 4 heteroatoms. The van der Waals surface area contributed by atoms with Crippen LogP contribution >= 0.6 is 11.3 Å². The van der Waals surface area contributed by atoms with Crippen LogP contribution in [0, 0.1) is 12.7 Å². The van der Waals surface area contributed by atoms with Crippen molar-refractivity contribution in [2.45, 2.75) is 13.5 Å². The number of rotatable bonds is 5. The maximum Gasteiger partial charge on any atom is 0.146 e. The second-order valence-electron chi connectivity index (χ2n) is 5.28. The molecule has 0 unspecified atom stereocenters. The predicted molar refractivity (Wildman–Crippen MR) is 94.8 cm³/mol. The first-order valence-electron chi connectivity index (χ1n) is 7.39. The zero-order chi connectivity index (χ0) is 16.2. The fraction of sp³-hybridized carbons (Fsp3) is 0.158. The van der Waals surface area contributed by atoms with E-state index < -0.39 is 0 Å². The molecule has 0 saturated carbocycles. The summed E-state index contributed by atoms with van der Waals surface area (Å²) in [6.45, 7) is 2.65. The van der Waals surface area contributed by atoms with E-state index >= 15 is 0 Å². The summed E-state index contributed by atoms with van der Waals surface area (Å²) in [5.41, 5.74) is 2.82. The molecule has 1 aromatic heterocycles. The van der Waals surface area contributed by atoms with Crippen LogP contribution < -0.4 is 10.1 Å². The van der Waals surface area contributed by atoms with Gasteiger partial charge in [0.2, 0.25) is 0 Å². The smallest absolute Gasteiger partial charge is 0.146 e. The van der Waals surface area contributed by atoms with Crippen molar-refractivity contribution in [2.24, 2.45) is 0 Å². The Morgan fingerprint density at radius 2 is 1.91 bits per heavy atom. The van der Waals surface area contributed by atoms with Crippen molar-refractivity contribution in [1.82, 2.24) is 0 Å². The Bertz CT molecular complexity index is 813. The predicted octanol–water partition coefficient (Wildman–Crippen LogP) is 5.48. The number of hydrogen-bond acceptors (Lipinski definition) is 3. The van der Waals surface area contributed by atoms with Crippen LogP contribution in [-0.2, 0) is 6.54 Å². The van der Waals surface area contributed by atoms with Gasteiger partial charge in [-0.15, -0.1) is 11.3 Å². The van der Waals surface area contributed by atoms with Gasteiger partial charge >= 0.3 is 0 Å². The highest BCUT2D eigenvalue weighted by Gasteiger charge is 2.06. The van der Waals surface area contributed by atoms with Gasteiger partial charge in [0.1, 0.15) is 11.6 Å². The van der Waals surface area contributed by atoms with E-state index in [4.69, 9.17) is 4.74 Å². The van der Waals surface area contributed by atoms with Crippen LogP contribution in [0.4, 0.5) is 10.1 Å². The van der Waals surface area contributed by atoms with E-state index in [0.717, 1.165) is 16.2 Å². The SMILES string of the molecule is COc1ccc(-c2ccc(CNc3ccccc3F)s2)cc1C. The molecule has 0 spiro atoms. The van der Waals surface area contributed by atoms with Crippen LogP contribution in [0.5, 0.6) is 5.75 Å². The van der Waals surface area contributed by atoms with Crippen LogP contribution in [0.2, 0.25) is 0 Å². The van der Waals surface area contributed by atoms with Gasteiger partial charge in [-0.05, 0) is 60.5 Å². The quantitative estimate of drug-likeness (QED) is 0.669. The van der Waals surface area contributed by atoms with E-state index in [9.17, 15) is 4.39 Å². The molecule has 0 amide bonds. The highest BCUT2D eigenvalue weighted by molar-refractivity contribution is 7.15. The summed E-state index contributed by atoms with van der Waals surface area (Å²) in [5.74, 6) is 0.668. The first-order valence-corrected chi connectivity index (χ1v) is 8.21. The van der Waals surface area contributed by atoms with Gasteiger partial charge in [-0.2, -0.15) is 0 Å². The van der Waals surface area contributed by atoms with Gasteiger partial charge in [0, 0.05) is 16.3 Å². The van der Waals surface area contributed by atoms with Crippen molar-refractivity contribution < 1.29 is 9.13 Å². The number of nitrogens with one attached hydrogen (secondary N) is 1. The zero-order valence-corrected chi connectivity index (χ0v) is 13.9. The number of hydrogen-bond donors (Lipinski definition) is 1. The average molecular weight is 327 g/mol. The molecular formula is C19H18FNOS. The minimum Gasteiger partial charge on any atom is -0.496 e. The van der Waals surface area contributed by atoms with Gasteiger partial charge in [0.25, 0.3) is 0 Å².